The lowest BCUT2D eigenvalue weighted by molar-refractivity contribution is 0.542. The summed E-state index contributed by atoms with van der Waals surface area (Å²) in [4.78, 5) is 0. The minimum atomic E-state index is 0.855. The highest BCUT2D eigenvalue weighted by Crippen LogP contribution is 2.11. The second-order valence-electron chi connectivity index (χ2n) is 4.93. The molecule has 0 fully saturated rings. The first-order valence-electron chi connectivity index (χ1n) is 7.53. The van der Waals surface area contributed by atoms with Crippen molar-refractivity contribution in [3.63, 3.8) is 0 Å². The number of unbranched alkanes of at least 4 members (excludes halogenated alkanes) is 11. The van der Waals surface area contributed by atoms with Gasteiger partial charge in [-0.05, 0) is 6.42 Å². The fourth-order valence-corrected chi connectivity index (χ4v) is 2.11. The van der Waals surface area contributed by atoms with Crippen LogP contribution in [0.1, 0.15) is 84.0 Å². The Hall–Kier alpha value is -0.710. The smallest absolute Gasteiger partial charge is 0.176 e. The van der Waals surface area contributed by atoms with E-state index in [2.05, 4.69) is 12.2 Å². The topological polar surface area (TPSA) is 35.8 Å². The van der Waals surface area contributed by atoms with Gasteiger partial charge < -0.3 is 5.32 Å². The lowest BCUT2D eigenvalue weighted by atomic mass is 10.1. The van der Waals surface area contributed by atoms with Gasteiger partial charge in [0.2, 0.25) is 0 Å². The molecule has 0 aromatic carbocycles. The molecule has 0 heterocycles. The second-order valence-corrected chi connectivity index (χ2v) is 4.93. The number of rotatable bonds is 13. The fourth-order valence-electron chi connectivity index (χ4n) is 2.11. The average Bonchev–Trinajstić information content (AvgIpc) is 2.35. The molecule has 1 N–H and O–H groups in total. The molecule has 0 aromatic heterocycles. The molecule has 0 aliphatic heterocycles. The molecular formula is C15H30N2. The van der Waals surface area contributed by atoms with Gasteiger partial charge in [-0.3, -0.25) is 0 Å². The molecule has 0 radical (unpaired) electrons. The van der Waals surface area contributed by atoms with Crippen molar-refractivity contribution in [3.05, 3.63) is 0 Å². The van der Waals surface area contributed by atoms with Crippen molar-refractivity contribution in [2.24, 2.45) is 0 Å². The van der Waals surface area contributed by atoms with Crippen molar-refractivity contribution in [1.82, 2.24) is 5.32 Å². The first-order chi connectivity index (χ1) is 8.41. The van der Waals surface area contributed by atoms with E-state index in [0.29, 0.717) is 0 Å². The highest BCUT2D eigenvalue weighted by Gasteiger charge is 1.93. The van der Waals surface area contributed by atoms with Crippen LogP contribution in [0, 0.1) is 11.5 Å². The van der Waals surface area contributed by atoms with Crippen LogP contribution in [0.5, 0.6) is 0 Å². The van der Waals surface area contributed by atoms with Crippen LogP contribution in [-0.4, -0.2) is 6.54 Å². The lowest BCUT2D eigenvalue weighted by Crippen LogP contribution is -2.06. The quantitative estimate of drug-likeness (QED) is 0.285. The number of nitrogens with zero attached hydrogens (tertiary/aromatic N) is 1. The van der Waals surface area contributed by atoms with Crippen LogP contribution >= 0.6 is 0 Å². The molecule has 0 aliphatic rings. The molecule has 0 unspecified atom stereocenters. The van der Waals surface area contributed by atoms with Crippen LogP contribution in [0.3, 0.4) is 0 Å². The zero-order valence-electron chi connectivity index (χ0n) is 11.6. The van der Waals surface area contributed by atoms with Gasteiger partial charge in [0.25, 0.3) is 0 Å². The van der Waals surface area contributed by atoms with E-state index in [-0.39, 0.29) is 0 Å². The van der Waals surface area contributed by atoms with Crippen molar-refractivity contribution < 1.29 is 0 Å². The minimum Gasteiger partial charge on any atom is -0.324 e. The van der Waals surface area contributed by atoms with Gasteiger partial charge in [0.1, 0.15) is 0 Å². The summed E-state index contributed by atoms with van der Waals surface area (Å²) in [5.41, 5.74) is 0. The zero-order chi connectivity index (χ0) is 12.6. The first-order valence-corrected chi connectivity index (χ1v) is 7.53. The van der Waals surface area contributed by atoms with Crippen LogP contribution in [0.25, 0.3) is 0 Å². The third-order valence-electron chi connectivity index (χ3n) is 3.23. The fraction of sp³-hybridized carbons (Fsp3) is 0.933. The molecule has 17 heavy (non-hydrogen) atoms. The Bertz CT molecular complexity index is 172. The normalized spacial score (nSPS) is 10.1. The number of nitriles is 1. The summed E-state index contributed by atoms with van der Waals surface area (Å²) < 4.78 is 0. The third kappa shape index (κ3) is 15.3. The minimum absolute atomic E-state index is 0.855. The van der Waals surface area contributed by atoms with Gasteiger partial charge in [-0.25, -0.2) is 0 Å². The molecule has 2 heteroatoms. The first kappa shape index (κ1) is 16.3. The molecule has 100 valence electrons. The number of nitrogens with one attached hydrogen (secondary N) is 1. The average molecular weight is 238 g/mol. The molecule has 0 atom stereocenters. The standard InChI is InChI=1S/C15H30N2/c1-2-3-4-5-6-7-8-9-10-11-12-13-14-17-15-16/h17H,2-14H2,1H3. The van der Waals surface area contributed by atoms with E-state index in [9.17, 15) is 0 Å². The largest absolute Gasteiger partial charge is 0.324 e. The van der Waals surface area contributed by atoms with Gasteiger partial charge in [0, 0.05) is 6.54 Å². The molecule has 0 bridgehead atoms. The molecule has 0 saturated carbocycles. The van der Waals surface area contributed by atoms with Crippen LogP contribution in [-0.2, 0) is 0 Å². The Labute approximate surface area is 108 Å². The maximum Gasteiger partial charge on any atom is 0.176 e. The molecule has 0 aromatic rings. The zero-order valence-corrected chi connectivity index (χ0v) is 11.6. The predicted molar refractivity (Wildman–Crippen MR) is 74.7 cm³/mol. The highest BCUT2D eigenvalue weighted by molar-refractivity contribution is 4.63. The molecule has 0 aliphatic carbocycles. The van der Waals surface area contributed by atoms with Crippen molar-refractivity contribution in [2.75, 3.05) is 6.54 Å². The summed E-state index contributed by atoms with van der Waals surface area (Å²) in [5.74, 6) is 0. The molecule has 0 saturated heterocycles. The van der Waals surface area contributed by atoms with Crippen molar-refractivity contribution >= 4 is 0 Å². The molecule has 0 amide bonds. The van der Waals surface area contributed by atoms with Gasteiger partial charge in [0.05, 0.1) is 0 Å². The summed E-state index contributed by atoms with van der Waals surface area (Å²) >= 11 is 0. The van der Waals surface area contributed by atoms with E-state index in [1.54, 1.807) is 0 Å². The maximum absolute atomic E-state index is 8.28. The Morgan fingerprint density at radius 2 is 1.12 bits per heavy atom. The lowest BCUT2D eigenvalue weighted by Gasteiger charge is -2.02. The highest BCUT2D eigenvalue weighted by atomic mass is 14.8. The second kappa shape index (κ2) is 15.3. The molecule has 2 nitrogen and oxygen atoms in total. The number of hydrogen-bond acceptors (Lipinski definition) is 2. The predicted octanol–water partition coefficient (Wildman–Crippen LogP) is 4.76. The van der Waals surface area contributed by atoms with Crippen LogP contribution in [0.15, 0.2) is 0 Å². The SMILES string of the molecule is CCCCCCCCCCCCCCNC#N. The van der Waals surface area contributed by atoms with E-state index in [0.717, 1.165) is 13.0 Å². The summed E-state index contributed by atoms with van der Waals surface area (Å²) in [6, 6.07) is 0. The van der Waals surface area contributed by atoms with E-state index < -0.39 is 0 Å². The van der Waals surface area contributed by atoms with Crippen LogP contribution in [0.2, 0.25) is 0 Å². The molecular weight excluding hydrogens is 208 g/mol. The third-order valence-corrected chi connectivity index (χ3v) is 3.23. The summed E-state index contributed by atoms with van der Waals surface area (Å²) in [7, 11) is 0. The van der Waals surface area contributed by atoms with E-state index in [1.807, 2.05) is 6.19 Å². The Morgan fingerprint density at radius 3 is 1.53 bits per heavy atom. The molecule has 0 spiro atoms. The Balaban J connectivity index is 2.87. The monoisotopic (exact) mass is 238 g/mol. The van der Waals surface area contributed by atoms with Gasteiger partial charge in [0.15, 0.2) is 6.19 Å². The summed E-state index contributed by atoms with van der Waals surface area (Å²) in [6.45, 7) is 3.13. The number of hydrogen-bond donors (Lipinski definition) is 1. The Kier molecular flexibility index (Phi) is 14.7. The van der Waals surface area contributed by atoms with Crippen molar-refractivity contribution in [1.29, 1.82) is 5.26 Å². The van der Waals surface area contributed by atoms with E-state index in [4.69, 9.17) is 5.26 Å². The Morgan fingerprint density at radius 1 is 0.706 bits per heavy atom. The van der Waals surface area contributed by atoms with Gasteiger partial charge in [-0.15, -0.1) is 0 Å². The van der Waals surface area contributed by atoms with Crippen molar-refractivity contribution in [3.8, 4) is 6.19 Å². The van der Waals surface area contributed by atoms with Crippen LogP contribution in [0.4, 0.5) is 0 Å². The van der Waals surface area contributed by atoms with Crippen molar-refractivity contribution in [2.45, 2.75) is 84.0 Å². The van der Waals surface area contributed by atoms with Gasteiger partial charge in [-0.1, -0.05) is 77.6 Å². The summed E-state index contributed by atoms with van der Waals surface area (Å²) in [5, 5.41) is 11.0. The summed E-state index contributed by atoms with van der Waals surface area (Å²) in [6.07, 6.45) is 18.4. The van der Waals surface area contributed by atoms with Gasteiger partial charge >= 0.3 is 0 Å². The van der Waals surface area contributed by atoms with E-state index in [1.165, 1.54) is 70.6 Å². The maximum atomic E-state index is 8.28. The van der Waals surface area contributed by atoms with Crippen LogP contribution < -0.4 is 5.32 Å². The van der Waals surface area contributed by atoms with E-state index >= 15 is 0 Å². The molecule has 0 rings (SSSR count). The van der Waals surface area contributed by atoms with Gasteiger partial charge in [-0.2, -0.15) is 5.26 Å².